The molecule has 2 heterocycles. The van der Waals surface area contributed by atoms with Crippen LogP contribution in [0.2, 0.25) is 5.02 Å². The molecule has 0 saturated heterocycles. The highest BCUT2D eigenvalue weighted by atomic mass is 79.9. The summed E-state index contributed by atoms with van der Waals surface area (Å²) in [6.45, 7) is 0.226. The average molecular weight is 397 g/mol. The van der Waals surface area contributed by atoms with Gasteiger partial charge in [-0.1, -0.05) is 11.6 Å². The third kappa shape index (κ3) is 3.70. The zero-order valence-corrected chi connectivity index (χ0v) is 14.3. The molecule has 0 atom stereocenters. The van der Waals surface area contributed by atoms with Crippen molar-refractivity contribution in [1.82, 2.24) is 9.71 Å². The van der Waals surface area contributed by atoms with Crippen molar-refractivity contribution in [3.8, 4) is 0 Å². The Kier molecular flexibility index (Phi) is 5.03. The Balaban J connectivity index is 2.15. The van der Waals surface area contributed by atoms with E-state index >= 15 is 0 Å². The molecule has 0 radical (unpaired) electrons. The second kappa shape index (κ2) is 6.40. The van der Waals surface area contributed by atoms with E-state index in [1.807, 2.05) is 12.1 Å². The zero-order valence-electron chi connectivity index (χ0n) is 10.4. The van der Waals surface area contributed by atoms with E-state index in [0.717, 1.165) is 8.66 Å². The highest BCUT2D eigenvalue weighted by Gasteiger charge is 2.16. The van der Waals surface area contributed by atoms with E-state index in [9.17, 15) is 8.42 Å². The maximum absolute atomic E-state index is 12.1. The molecule has 0 spiro atoms. The van der Waals surface area contributed by atoms with Crippen molar-refractivity contribution in [2.45, 2.75) is 11.4 Å². The maximum Gasteiger partial charge on any atom is 0.242 e. The largest absolute Gasteiger partial charge is 0.372 e. The number of halogens is 2. The van der Waals surface area contributed by atoms with Crippen LogP contribution >= 0.6 is 38.9 Å². The molecule has 2 N–H and O–H groups in total. The normalized spacial score (nSPS) is 11.6. The van der Waals surface area contributed by atoms with Gasteiger partial charge in [0.25, 0.3) is 0 Å². The molecule has 2 rings (SSSR count). The van der Waals surface area contributed by atoms with Gasteiger partial charge in [-0.3, -0.25) is 0 Å². The number of thiophene rings is 1. The SMILES string of the molecule is CNc1ncc(S(=O)(=O)NCc2ccc(Br)s2)cc1Cl. The number of hydrogen-bond acceptors (Lipinski definition) is 5. The van der Waals surface area contributed by atoms with Crippen LogP contribution in [0.1, 0.15) is 4.88 Å². The van der Waals surface area contributed by atoms with E-state index in [2.05, 4.69) is 31.0 Å². The van der Waals surface area contributed by atoms with Crippen LogP contribution in [0.3, 0.4) is 0 Å². The van der Waals surface area contributed by atoms with Crippen LogP contribution in [-0.4, -0.2) is 20.4 Å². The van der Waals surface area contributed by atoms with Gasteiger partial charge in [-0.05, 0) is 34.1 Å². The van der Waals surface area contributed by atoms with Gasteiger partial charge in [0.1, 0.15) is 10.7 Å². The van der Waals surface area contributed by atoms with Crippen molar-refractivity contribution in [2.24, 2.45) is 0 Å². The highest BCUT2D eigenvalue weighted by molar-refractivity contribution is 9.11. The minimum atomic E-state index is -3.63. The van der Waals surface area contributed by atoms with Crippen molar-refractivity contribution >= 4 is 54.7 Å². The molecule has 2 aromatic heterocycles. The van der Waals surface area contributed by atoms with Gasteiger partial charge in [-0.2, -0.15) is 0 Å². The summed E-state index contributed by atoms with van der Waals surface area (Å²) in [4.78, 5) is 4.90. The Morgan fingerprint density at radius 1 is 1.45 bits per heavy atom. The van der Waals surface area contributed by atoms with Gasteiger partial charge in [0.05, 0.1) is 8.81 Å². The molecular formula is C11H11BrClN3O2S2. The Bertz CT molecular complexity index is 718. The number of sulfonamides is 1. The van der Waals surface area contributed by atoms with E-state index < -0.39 is 10.0 Å². The number of hydrogen-bond donors (Lipinski definition) is 2. The van der Waals surface area contributed by atoms with Gasteiger partial charge in [0.2, 0.25) is 10.0 Å². The first kappa shape index (κ1) is 15.7. The fraction of sp³-hybridized carbons (Fsp3) is 0.182. The number of pyridine rings is 1. The number of nitrogens with zero attached hydrogens (tertiary/aromatic N) is 1. The van der Waals surface area contributed by atoms with Gasteiger partial charge in [-0.25, -0.2) is 18.1 Å². The van der Waals surface area contributed by atoms with Crippen LogP contribution in [0.5, 0.6) is 0 Å². The molecule has 0 bridgehead atoms. The lowest BCUT2D eigenvalue weighted by Crippen LogP contribution is -2.23. The average Bonchev–Trinajstić information content (AvgIpc) is 2.82. The second-order valence-electron chi connectivity index (χ2n) is 3.78. The van der Waals surface area contributed by atoms with Gasteiger partial charge in [0.15, 0.2) is 0 Å². The molecule has 20 heavy (non-hydrogen) atoms. The standard InChI is InChI=1S/C11H11BrClN3O2S2/c1-14-11-9(13)4-8(6-15-11)20(17,18)16-5-7-2-3-10(12)19-7/h2-4,6,16H,5H2,1H3,(H,14,15). The Labute approximate surface area is 134 Å². The lowest BCUT2D eigenvalue weighted by molar-refractivity contribution is 0.581. The third-order valence-electron chi connectivity index (χ3n) is 2.43. The predicted molar refractivity (Wildman–Crippen MR) is 84.8 cm³/mol. The predicted octanol–water partition coefficient (Wildman–Crippen LogP) is 3.08. The van der Waals surface area contributed by atoms with E-state index in [0.29, 0.717) is 5.82 Å². The Morgan fingerprint density at radius 3 is 2.75 bits per heavy atom. The molecule has 0 fully saturated rings. The summed E-state index contributed by atoms with van der Waals surface area (Å²) in [5, 5.41) is 3.03. The molecule has 9 heteroatoms. The lowest BCUT2D eigenvalue weighted by atomic mass is 10.4. The minimum absolute atomic E-state index is 0.0390. The quantitative estimate of drug-likeness (QED) is 0.815. The Hall–Kier alpha value is -0.670. The summed E-state index contributed by atoms with van der Waals surface area (Å²) in [5.74, 6) is 0.438. The summed E-state index contributed by atoms with van der Waals surface area (Å²) in [6, 6.07) is 5.09. The van der Waals surface area contributed by atoms with Crippen molar-refractivity contribution in [2.75, 3.05) is 12.4 Å². The first-order chi connectivity index (χ1) is 9.42. The summed E-state index contributed by atoms with van der Waals surface area (Å²) in [6.07, 6.45) is 1.27. The van der Waals surface area contributed by atoms with Gasteiger partial charge < -0.3 is 5.32 Å². The van der Waals surface area contributed by atoms with E-state index in [1.165, 1.54) is 23.6 Å². The number of anilines is 1. The molecule has 0 aliphatic heterocycles. The van der Waals surface area contributed by atoms with Crippen molar-refractivity contribution in [1.29, 1.82) is 0 Å². The molecule has 0 amide bonds. The molecule has 0 aliphatic rings. The van der Waals surface area contributed by atoms with Crippen molar-refractivity contribution < 1.29 is 8.42 Å². The molecule has 0 aliphatic carbocycles. The third-order valence-corrected chi connectivity index (χ3v) is 5.71. The van der Waals surface area contributed by atoms with E-state index in [1.54, 1.807) is 7.05 Å². The summed E-state index contributed by atoms with van der Waals surface area (Å²) >= 11 is 10.7. The zero-order chi connectivity index (χ0) is 14.8. The van der Waals surface area contributed by atoms with E-state index in [-0.39, 0.29) is 16.5 Å². The van der Waals surface area contributed by atoms with Crippen LogP contribution in [0, 0.1) is 0 Å². The van der Waals surface area contributed by atoms with Gasteiger partial charge in [0, 0.05) is 24.7 Å². The summed E-state index contributed by atoms with van der Waals surface area (Å²) < 4.78 is 27.7. The van der Waals surface area contributed by atoms with E-state index in [4.69, 9.17) is 11.6 Å². The minimum Gasteiger partial charge on any atom is -0.372 e. The molecule has 2 aromatic rings. The van der Waals surface area contributed by atoms with Crippen molar-refractivity contribution in [3.05, 3.63) is 38.1 Å². The summed E-state index contributed by atoms with van der Waals surface area (Å²) in [7, 11) is -1.97. The van der Waals surface area contributed by atoms with Crippen LogP contribution in [0.25, 0.3) is 0 Å². The maximum atomic E-state index is 12.1. The first-order valence-electron chi connectivity index (χ1n) is 5.49. The monoisotopic (exact) mass is 395 g/mol. The van der Waals surface area contributed by atoms with Gasteiger partial charge >= 0.3 is 0 Å². The smallest absolute Gasteiger partial charge is 0.242 e. The molecule has 5 nitrogen and oxygen atoms in total. The summed E-state index contributed by atoms with van der Waals surface area (Å²) in [5.41, 5.74) is 0. The van der Waals surface area contributed by atoms with Crippen LogP contribution in [0.15, 0.2) is 33.1 Å². The molecule has 0 aromatic carbocycles. The van der Waals surface area contributed by atoms with Crippen LogP contribution in [-0.2, 0) is 16.6 Å². The lowest BCUT2D eigenvalue weighted by Gasteiger charge is -2.07. The van der Waals surface area contributed by atoms with Crippen LogP contribution < -0.4 is 10.0 Å². The van der Waals surface area contributed by atoms with Gasteiger partial charge in [-0.15, -0.1) is 11.3 Å². The molecule has 108 valence electrons. The Morgan fingerprint density at radius 2 is 2.20 bits per heavy atom. The van der Waals surface area contributed by atoms with Crippen LogP contribution in [0.4, 0.5) is 5.82 Å². The topological polar surface area (TPSA) is 71.1 Å². The number of nitrogens with one attached hydrogen (secondary N) is 2. The molecular weight excluding hydrogens is 386 g/mol. The fourth-order valence-corrected chi connectivity index (χ4v) is 4.26. The highest BCUT2D eigenvalue weighted by Crippen LogP contribution is 2.24. The fourth-order valence-electron chi connectivity index (χ4n) is 1.45. The second-order valence-corrected chi connectivity index (χ2v) is 8.50. The number of rotatable bonds is 5. The number of aromatic nitrogens is 1. The first-order valence-corrected chi connectivity index (χ1v) is 8.96. The molecule has 0 saturated carbocycles. The molecule has 0 unspecified atom stereocenters. The van der Waals surface area contributed by atoms with Crippen molar-refractivity contribution in [3.63, 3.8) is 0 Å².